The quantitative estimate of drug-likeness (QED) is 0.489. The van der Waals surface area contributed by atoms with E-state index in [-0.39, 0.29) is 47.3 Å². The number of hydrogen-bond donors (Lipinski definition) is 3. The fraction of sp³-hybridized carbons (Fsp3) is 0.273. The zero-order valence-corrected chi connectivity index (χ0v) is 11.9. The summed E-state index contributed by atoms with van der Waals surface area (Å²) in [5, 5.41) is 26.4. The molecule has 1 atom stereocenters. The van der Waals surface area contributed by atoms with E-state index in [1.165, 1.54) is 24.3 Å². The van der Waals surface area contributed by atoms with Crippen molar-refractivity contribution in [1.29, 1.82) is 0 Å². The van der Waals surface area contributed by atoms with Crippen LogP contribution in [-0.2, 0) is 4.74 Å². The number of aliphatic hydroxyl groups excluding tert-OH is 2. The molecule has 1 aromatic rings. The minimum Gasteiger partial charge on any atom is -0.478 e. The van der Waals surface area contributed by atoms with Crippen LogP contribution in [0.2, 0.25) is 0 Å². The summed E-state index contributed by atoms with van der Waals surface area (Å²) in [5.74, 6) is -2.09. The molecule has 1 rings (SSSR count). The molecule has 0 aliphatic heterocycles. The molecule has 18 heavy (non-hydrogen) atoms. The van der Waals surface area contributed by atoms with Gasteiger partial charge in [-0.1, -0.05) is 12.1 Å². The first-order chi connectivity index (χ1) is 8.06. The van der Waals surface area contributed by atoms with E-state index in [2.05, 4.69) is 4.74 Å². The molecular formula is C11H12NaO6. The minimum absolute atomic E-state index is 0. The van der Waals surface area contributed by atoms with E-state index in [0.717, 1.165) is 0 Å². The standard InChI is InChI=1S/C11H12O6.Na/c12-5-7(13)6-17-11(16)9-4-2-1-3-8(9)10(14)15;/h1-4,7,12-13H,5-6H2,(H,14,15);. The number of ether oxygens (including phenoxy) is 1. The maximum absolute atomic E-state index is 11.5. The molecule has 1 aromatic carbocycles. The fourth-order valence-corrected chi connectivity index (χ4v) is 1.15. The number of aromatic carboxylic acids is 1. The van der Waals surface area contributed by atoms with E-state index in [1.54, 1.807) is 0 Å². The van der Waals surface area contributed by atoms with Gasteiger partial charge in [0.05, 0.1) is 17.7 Å². The summed E-state index contributed by atoms with van der Waals surface area (Å²) in [7, 11) is 0. The van der Waals surface area contributed by atoms with Gasteiger partial charge in [0.1, 0.15) is 12.7 Å². The van der Waals surface area contributed by atoms with Crippen LogP contribution in [0.1, 0.15) is 20.7 Å². The van der Waals surface area contributed by atoms with Crippen molar-refractivity contribution in [2.24, 2.45) is 0 Å². The van der Waals surface area contributed by atoms with E-state index < -0.39 is 24.6 Å². The minimum atomic E-state index is -1.24. The van der Waals surface area contributed by atoms with Crippen molar-refractivity contribution in [1.82, 2.24) is 0 Å². The van der Waals surface area contributed by atoms with E-state index in [0.29, 0.717) is 0 Å². The predicted octanol–water partition coefficient (Wildman–Crippen LogP) is -0.486. The topological polar surface area (TPSA) is 104 Å². The number of benzene rings is 1. The van der Waals surface area contributed by atoms with Crippen molar-refractivity contribution in [3.05, 3.63) is 35.4 Å². The molecule has 7 heteroatoms. The summed E-state index contributed by atoms with van der Waals surface area (Å²) in [5.41, 5.74) is -0.263. The van der Waals surface area contributed by atoms with Gasteiger partial charge in [0.15, 0.2) is 0 Å². The van der Waals surface area contributed by atoms with E-state index in [9.17, 15) is 9.59 Å². The Hall–Kier alpha value is -0.920. The first-order valence-corrected chi connectivity index (χ1v) is 4.84. The van der Waals surface area contributed by atoms with Crippen molar-refractivity contribution < 1.29 is 29.6 Å². The molecule has 0 amide bonds. The average molecular weight is 263 g/mol. The van der Waals surface area contributed by atoms with Crippen molar-refractivity contribution in [2.75, 3.05) is 13.2 Å². The summed E-state index contributed by atoms with van der Waals surface area (Å²) in [6, 6.07) is 5.59. The third-order valence-corrected chi connectivity index (χ3v) is 1.99. The number of carboxylic acid groups (broad SMARTS) is 1. The monoisotopic (exact) mass is 263 g/mol. The molecule has 0 heterocycles. The number of hydrogen-bond acceptors (Lipinski definition) is 5. The molecule has 93 valence electrons. The number of carbonyl (C=O) groups excluding carboxylic acids is 1. The maximum atomic E-state index is 11.5. The number of carbonyl (C=O) groups is 2. The van der Waals surface area contributed by atoms with Gasteiger partial charge in [0.25, 0.3) is 0 Å². The first kappa shape index (κ1) is 17.1. The molecule has 0 aliphatic carbocycles. The number of carboxylic acids is 1. The van der Waals surface area contributed by atoms with E-state index in [4.69, 9.17) is 15.3 Å². The van der Waals surface area contributed by atoms with Gasteiger partial charge in [0.2, 0.25) is 0 Å². The van der Waals surface area contributed by atoms with Crippen LogP contribution in [0.4, 0.5) is 0 Å². The number of esters is 1. The van der Waals surface area contributed by atoms with Crippen molar-refractivity contribution >= 4 is 41.5 Å². The maximum Gasteiger partial charge on any atom is 0.339 e. The summed E-state index contributed by atoms with van der Waals surface area (Å²) in [6.45, 7) is -0.919. The molecule has 0 spiro atoms. The van der Waals surface area contributed by atoms with Gasteiger partial charge in [-0.05, 0) is 12.1 Å². The Kier molecular flexibility index (Phi) is 7.81. The Bertz CT molecular complexity index is 420. The van der Waals surface area contributed by atoms with Crippen LogP contribution in [-0.4, -0.2) is 76.1 Å². The summed E-state index contributed by atoms with van der Waals surface area (Å²) < 4.78 is 4.66. The fourth-order valence-electron chi connectivity index (χ4n) is 1.15. The van der Waals surface area contributed by atoms with E-state index in [1.807, 2.05) is 0 Å². The molecule has 3 N–H and O–H groups in total. The van der Waals surface area contributed by atoms with Gasteiger partial charge in [-0.3, -0.25) is 0 Å². The van der Waals surface area contributed by atoms with E-state index >= 15 is 0 Å². The zero-order valence-electron chi connectivity index (χ0n) is 9.87. The Morgan fingerprint density at radius 3 is 2.28 bits per heavy atom. The Morgan fingerprint density at radius 1 is 1.22 bits per heavy atom. The second-order valence-corrected chi connectivity index (χ2v) is 3.29. The first-order valence-electron chi connectivity index (χ1n) is 4.84. The molecule has 0 aliphatic rings. The van der Waals surface area contributed by atoms with Crippen molar-refractivity contribution in [3.63, 3.8) is 0 Å². The second-order valence-electron chi connectivity index (χ2n) is 3.29. The Labute approximate surface area is 125 Å². The molecule has 0 bridgehead atoms. The van der Waals surface area contributed by atoms with Crippen LogP contribution in [0.5, 0.6) is 0 Å². The molecule has 0 saturated carbocycles. The molecular weight excluding hydrogens is 251 g/mol. The van der Waals surface area contributed by atoms with Gasteiger partial charge < -0.3 is 20.1 Å². The summed E-state index contributed by atoms with van der Waals surface area (Å²) in [6.07, 6.45) is -1.17. The number of rotatable bonds is 5. The Balaban J connectivity index is 0.00000289. The average Bonchev–Trinajstić information content (AvgIpc) is 2.35. The molecule has 6 nitrogen and oxygen atoms in total. The van der Waals surface area contributed by atoms with Crippen LogP contribution < -0.4 is 0 Å². The van der Waals surface area contributed by atoms with Gasteiger partial charge in [-0.2, -0.15) is 0 Å². The zero-order chi connectivity index (χ0) is 12.8. The molecule has 0 saturated heterocycles. The van der Waals surface area contributed by atoms with Crippen LogP contribution >= 0.6 is 0 Å². The normalized spacial score (nSPS) is 11.2. The van der Waals surface area contributed by atoms with Crippen LogP contribution in [0.15, 0.2) is 24.3 Å². The van der Waals surface area contributed by atoms with Crippen LogP contribution in [0.3, 0.4) is 0 Å². The van der Waals surface area contributed by atoms with Crippen molar-refractivity contribution in [2.45, 2.75) is 6.10 Å². The Morgan fingerprint density at radius 2 is 1.78 bits per heavy atom. The van der Waals surface area contributed by atoms with Gasteiger partial charge in [0, 0.05) is 29.6 Å². The van der Waals surface area contributed by atoms with Gasteiger partial charge in [-0.15, -0.1) is 0 Å². The SMILES string of the molecule is O=C(O)c1ccccc1C(=O)OCC(O)CO.[Na]. The smallest absolute Gasteiger partial charge is 0.339 e. The van der Waals surface area contributed by atoms with Crippen LogP contribution in [0.25, 0.3) is 0 Å². The molecule has 1 radical (unpaired) electrons. The number of aliphatic hydroxyl groups is 2. The predicted molar refractivity (Wildman–Crippen MR) is 62.5 cm³/mol. The third kappa shape index (κ3) is 4.75. The van der Waals surface area contributed by atoms with Crippen molar-refractivity contribution in [3.8, 4) is 0 Å². The largest absolute Gasteiger partial charge is 0.478 e. The van der Waals surface area contributed by atoms with Crippen LogP contribution in [0, 0.1) is 0 Å². The third-order valence-electron chi connectivity index (χ3n) is 1.99. The van der Waals surface area contributed by atoms with Gasteiger partial charge >= 0.3 is 11.9 Å². The van der Waals surface area contributed by atoms with Gasteiger partial charge in [-0.25, -0.2) is 9.59 Å². The molecule has 1 unspecified atom stereocenters. The molecule has 0 aromatic heterocycles. The second kappa shape index (κ2) is 8.23. The summed E-state index contributed by atoms with van der Waals surface area (Å²) in [4.78, 5) is 22.3. The molecule has 0 fully saturated rings. The summed E-state index contributed by atoms with van der Waals surface area (Å²) >= 11 is 0.